The van der Waals surface area contributed by atoms with Crippen LogP contribution in [0.1, 0.15) is 0 Å². The molecule has 0 aromatic heterocycles. The van der Waals surface area contributed by atoms with Crippen molar-refractivity contribution in [2.75, 3.05) is 9.44 Å². The first kappa shape index (κ1) is 31.0. The van der Waals surface area contributed by atoms with Gasteiger partial charge in [-0.15, -0.1) is 0 Å². The molecule has 4 rings (SSSR count). The molecule has 0 radical (unpaired) electrons. The average Bonchev–Trinajstić information content (AvgIpc) is 2.83. The third-order valence-electron chi connectivity index (χ3n) is 4.96. The molecule has 0 aliphatic carbocycles. The third-order valence-corrected chi connectivity index (χ3v) is 11.2. The molecule has 4 aromatic rings. The second-order valence-electron chi connectivity index (χ2n) is 7.81. The highest BCUT2D eigenvalue weighted by Gasteiger charge is 2.23. The number of hydrogen-bond donors (Lipinski definition) is 2. The molecule has 16 heteroatoms. The van der Waals surface area contributed by atoms with Crippen molar-refractivity contribution in [3.63, 3.8) is 0 Å². The van der Waals surface area contributed by atoms with Gasteiger partial charge in [0, 0.05) is 29.9 Å². The predicted molar refractivity (Wildman–Crippen MR) is 159 cm³/mol. The average molecular weight is 702 g/mol. The summed E-state index contributed by atoms with van der Waals surface area (Å²) in [7, 11) is -6.66. The van der Waals surface area contributed by atoms with Crippen LogP contribution in [0.2, 0.25) is 20.1 Å². The summed E-state index contributed by atoms with van der Waals surface area (Å²) in [5, 5.41) is 0.460. The summed E-state index contributed by atoms with van der Waals surface area (Å²) in [6.07, 6.45) is 0. The molecule has 0 heterocycles. The standard InChI is InChI=1S/C24H14Cl4F2N2O4S4/c25-13-3-7-23(17(29)9-13)39(33,34)31-19-11-15(27)1-5-21(19)37-38-22-6-2-16(28)12-20(22)32-40(35,36)24-8-4-14(26)10-18(24)30/h1-12,31-32H. The van der Waals surface area contributed by atoms with Crippen LogP contribution in [-0.2, 0) is 20.0 Å². The van der Waals surface area contributed by atoms with Crippen molar-refractivity contribution in [2.45, 2.75) is 19.6 Å². The van der Waals surface area contributed by atoms with Crippen LogP contribution < -0.4 is 9.44 Å². The molecule has 6 nitrogen and oxygen atoms in total. The Hall–Kier alpha value is -1.90. The largest absolute Gasteiger partial charge is 0.278 e. The molecule has 0 aliphatic rings. The summed E-state index contributed by atoms with van der Waals surface area (Å²) >= 11 is 23.6. The lowest BCUT2D eigenvalue weighted by Crippen LogP contribution is -2.15. The minimum absolute atomic E-state index is 0.0278. The molecule has 0 saturated carbocycles. The Kier molecular flexibility index (Phi) is 9.73. The number of rotatable bonds is 9. The van der Waals surface area contributed by atoms with E-state index < -0.39 is 41.5 Å². The zero-order valence-electron chi connectivity index (χ0n) is 19.5. The minimum atomic E-state index is -4.38. The smallest absolute Gasteiger partial charge is 0.264 e. The molecule has 0 bridgehead atoms. The van der Waals surface area contributed by atoms with Gasteiger partial charge >= 0.3 is 0 Å². The SMILES string of the molecule is O=S(=O)(Nc1cc(Cl)ccc1SSc1ccc(Cl)cc1NS(=O)(=O)c1ccc(Cl)cc1F)c1ccc(Cl)cc1F. The first-order chi connectivity index (χ1) is 18.7. The van der Waals surface area contributed by atoms with E-state index in [0.717, 1.165) is 45.9 Å². The van der Waals surface area contributed by atoms with E-state index in [4.69, 9.17) is 46.4 Å². The number of sulfonamides is 2. The van der Waals surface area contributed by atoms with E-state index in [1.807, 2.05) is 0 Å². The second kappa shape index (κ2) is 12.5. The van der Waals surface area contributed by atoms with Crippen LogP contribution in [0.25, 0.3) is 0 Å². The fraction of sp³-hybridized carbons (Fsp3) is 0. The monoisotopic (exact) mass is 700 g/mol. The second-order valence-corrected chi connectivity index (χ2v) is 15.1. The fourth-order valence-corrected chi connectivity index (χ4v) is 8.48. The zero-order chi connectivity index (χ0) is 29.2. The highest BCUT2D eigenvalue weighted by Crippen LogP contribution is 2.45. The van der Waals surface area contributed by atoms with Gasteiger partial charge in [-0.25, -0.2) is 25.6 Å². The molecule has 40 heavy (non-hydrogen) atoms. The normalized spacial score (nSPS) is 11.8. The Morgan fingerprint density at radius 2 is 0.850 bits per heavy atom. The molecule has 210 valence electrons. The van der Waals surface area contributed by atoms with E-state index in [-0.39, 0.29) is 31.5 Å². The summed E-state index contributed by atoms with van der Waals surface area (Å²) in [6, 6.07) is 15.0. The molecule has 0 atom stereocenters. The predicted octanol–water partition coefficient (Wildman–Crippen LogP) is 8.98. The summed E-state index contributed by atoms with van der Waals surface area (Å²) in [5.74, 6) is -2.08. The van der Waals surface area contributed by atoms with Crippen molar-refractivity contribution in [3.8, 4) is 0 Å². The van der Waals surface area contributed by atoms with Gasteiger partial charge in [0.2, 0.25) is 0 Å². The summed E-state index contributed by atoms with van der Waals surface area (Å²) < 4.78 is 85.0. The first-order valence-electron chi connectivity index (χ1n) is 10.6. The van der Waals surface area contributed by atoms with Gasteiger partial charge in [-0.3, -0.25) is 9.44 Å². The van der Waals surface area contributed by atoms with Gasteiger partial charge in [0.25, 0.3) is 20.0 Å². The molecule has 0 fully saturated rings. The van der Waals surface area contributed by atoms with Gasteiger partial charge in [-0.05, 0) is 72.8 Å². The van der Waals surface area contributed by atoms with E-state index >= 15 is 0 Å². The van der Waals surface area contributed by atoms with Crippen LogP contribution in [0.3, 0.4) is 0 Å². The van der Waals surface area contributed by atoms with Gasteiger partial charge in [0.15, 0.2) is 0 Å². The van der Waals surface area contributed by atoms with Gasteiger partial charge in [0.05, 0.1) is 11.4 Å². The van der Waals surface area contributed by atoms with E-state index in [2.05, 4.69) is 9.44 Å². The maximum atomic E-state index is 14.3. The Morgan fingerprint density at radius 3 is 1.20 bits per heavy atom. The van der Waals surface area contributed by atoms with Crippen molar-refractivity contribution in [2.24, 2.45) is 0 Å². The van der Waals surface area contributed by atoms with Gasteiger partial charge in [-0.1, -0.05) is 68.0 Å². The number of halogens is 6. The molecular weight excluding hydrogens is 688 g/mol. The molecule has 0 saturated heterocycles. The number of nitrogens with one attached hydrogen (secondary N) is 2. The Balaban J connectivity index is 1.62. The summed E-state index contributed by atoms with van der Waals surface area (Å²) in [5.41, 5.74) is 0.0809. The Labute approximate surface area is 256 Å². The third kappa shape index (κ3) is 7.48. The molecule has 0 spiro atoms. The minimum Gasteiger partial charge on any atom is -0.278 e. The molecule has 4 aromatic carbocycles. The lowest BCUT2D eigenvalue weighted by Gasteiger charge is -2.15. The number of benzene rings is 4. The summed E-state index contributed by atoms with van der Waals surface area (Å²) in [6.45, 7) is 0. The number of anilines is 2. The van der Waals surface area contributed by atoms with Crippen LogP contribution in [0.15, 0.2) is 92.4 Å². The van der Waals surface area contributed by atoms with Crippen LogP contribution >= 0.6 is 68.0 Å². The van der Waals surface area contributed by atoms with E-state index in [9.17, 15) is 25.6 Å². The van der Waals surface area contributed by atoms with Crippen LogP contribution in [0, 0.1) is 11.6 Å². The van der Waals surface area contributed by atoms with Crippen LogP contribution in [0.5, 0.6) is 0 Å². The maximum Gasteiger partial charge on any atom is 0.264 e. The van der Waals surface area contributed by atoms with Crippen molar-refractivity contribution < 1.29 is 25.6 Å². The first-order valence-corrected chi connectivity index (χ1v) is 17.3. The molecular formula is C24H14Cl4F2N2O4S4. The number of hydrogen-bond acceptors (Lipinski definition) is 6. The summed E-state index contributed by atoms with van der Waals surface area (Å²) in [4.78, 5) is -0.520. The van der Waals surface area contributed by atoms with Crippen molar-refractivity contribution in [1.82, 2.24) is 0 Å². The Morgan fingerprint density at radius 1 is 0.525 bits per heavy atom. The zero-order valence-corrected chi connectivity index (χ0v) is 25.8. The topological polar surface area (TPSA) is 92.3 Å². The highest BCUT2D eigenvalue weighted by atomic mass is 35.5. The Bertz CT molecular complexity index is 1700. The van der Waals surface area contributed by atoms with Gasteiger partial charge in [-0.2, -0.15) is 0 Å². The molecule has 0 aliphatic heterocycles. The van der Waals surface area contributed by atoms with Crippen LogP contribution in [0.4, 0.5) is 20.2 Å². The highest BCUT2D eigenvalue weighted by molar-refractivity contribution is 8.76. The lowest BCUT2D eigenvalue weighted by molar-refractivity contribution is 0.568. The molecule has 0 amide bonds. The van der Waals surface area contributed by atoms with E-state index in [1.54, 1.807) is 0 Å². The van der Waals surface area contributed by atoms with Gasteiger partial charge < -0.3 is 0 Å². The van der Waals surface area contributed by atoms with Crippen LogP contribution in [-0.4, -0.2) is 16.8 Å². The van der Waals surface area contributed by atoms with Gasteiger partial charge in [0.1, 0.15) is 21.4 Å². The van der Waals surface area contributed by atoms with Crippen molar-refractivity contribution in [3.05, 3.63) is 105 Å². The van der Waals surface area contributed by atoms with E-state index in [0.29, 0.717) is 9.79 Å². The fourth-order valence-electron chi connectivity index (χ4n) is 3.18. The maximum absolute atomic E-state index is 14.3. The molecule has 0 unspecified atom stereocenters. The molecule has 2 N–H and O–H groups in total. The quantitative estimate of drug-likeness (QED) is 0.169. The van der Waals surface area contributed by atoms with Crippen molar-refractivity contribution >= 4 is 99.4 Å². The van der Waals surface area contributed by atoms with Crippen molar-refractivity contribution in [1.29, 1.82) is 0 Å². The lowest BCUT2D eigenvalue weighted by atomic mass is 10.3. The van der Waals surface area contributed by atoms with E-state index in [1.165, 1.54) is 48.5 Å².